The minimum Gasteiger partial charge on any atom is -0.395 e. The molecule has 3 nitrogen and oxygen atoms in total. The smallest absolute Gasteiger partial charge is 0.0587 e. The van der Waals surface area contributed by atoms with Crippen molar-refractivity contribution in [3.63, 3.8) is 0 Å². The van der Waals surface area contributed by atoms with E-state index in [9.17, 15) is 5.11 Å². The third kappa shape index (κ3) is 9.29. The highest BCUT2D eigenvalue weighted by molar-refractivity contribution is 5.18. The van der Waals surface area contributed by atoms with Gasteiger partial charge >= 0.3 is 0 Å². The van der Waals surface area contributed by atoms with Gasteiger partial charge in [0.2, 0.25) is 0 Å². The van der Waals surface area contributed by atoms with Crippen LogP contribution >= 0.6 is 0 Å². The molecule has 0 unspecified atom stereocenters. The minimum absolute atomic E-state index is 0.136. The molecule has 0 radical (unpaired) electrons. The van der Waals surface area contributed by atoms with Gasteiger partial charge in [-0.25, -0.2) is 0 Å². The van der Waals surface area contributed by atoms with Gasteiger partial charge in [0.25, 0.3) is 0 Å². The van der Waals surface area contributed by atoms with Crippen molar-refractivity contribution in [1.29, 1.82) is 0 Å². The fourth-order valence-corrected chi connectivity index (χ4v) is 4.95. The van der Waals surface area contributed by atoms with E-state index in [0.29, 0.717) is 0 Å². The van der Waals surface area contributed by atoms with Crippen LogP contribution in [0.4, 0.5) is 0 Å². The zero-order valence-corrected chi connectivity index (χ0v) is 21.8. The summed E-state index contributed by atoms with van der Waals surface area (Å²) < 4.78 is 0. The van der Waals surface area contributed by atoms with Crippen LogP contribution in [0.5, 0.6) is 0 Å². The summed E-state index contributed by atoms with van der Waals surface area (Å²) in [7, 11) is 0. The van der Waals surface area contributed by atoms with Crippen molar-refractivity contribution in [1.82, 2.24) is 9.80 Å². The number of aliphatic hydroxyl groups excluding tert-OH is 1. The fraction of sp³-hybridized carbons (Fsp3) is 0.294. The Morgan fingerprint density at radius 2 is 0.865 bits per heavy atom. The molecule has 0 spiro atoms. The van der Waals surface area contributed by atoms with Crippen molar-refractivity contribution in [2.45, 2.75) is 51.5 Å². The molecule has 0 saturated carbocycles. The van der Waals surface area contributed by atoms with Crippen molar-refractivity contribution in [2.75, 3.05) is 13.2 Å². The average Bonchev–Trinajstić information content (AvgIpc) is 2.95. The lowest BCUT2D eigenvalue weighted by molar-refractivity contribution is 0.100. The van der Waals surface area contributed by atoms with Crippen LogP contribution in [0.25, 0.3) is 0 Å². The maximum absolute atomic E-state index is 10.4. The van der Waals surface area contributed by atoms with Crippen molar-refractivity contribution < 1.29 is 5.11 Å². The van der Waals surface area contributed by atoms with Crippen LogP contribution in [0, 0.1) is 0 Å². The summed E-state index contributed by atoms with van der Waals surface area (Å²) in [6.45, 7) is 4.81. The maximum Gasteiger partial charge on any atom is 0.0587 e. The molecule has 192 valence electrons. The third-order valence-electron chi connectivity index (χ3n) is 6.94. The van der Waals surface area contributed by atoms with Gasteiger partial charge in [-0.15, -0.1) is 0 Å². The molecule has 0 aromatic heterocycles. The minimum atomic E-state index is 0.136. The molecule has 0 amide bonds. The van der Waals surface area contributed by atoms with E-state index < -0.39 is 0 Å². The van der Waals surface area contributed by atoms with Crippen molar-refractivity contribution in [3.05, 3.63) is 144 Å². The van der Waals surface area contributed by atoms with Gasteiger partial charge in [0.15, 0.2) is 0 Å². The number of rotatable bonds is 15. The standard InChI is InChI=1S/C34H40N2O/c37-29-34(36(27-32-19-9-3-10-20-32)28-33-21-11-4-12-22-33)23-13-14-24-35(25-30-15-5-1-6-16-30)26-31-17-7-2-8-18-31/h1-12,15-22,34,37H,13-14,23-29H2/t34-/m0/s1. The lowest BCUT2D eigenvalue weighted by Crippen LogP contribution is -2.37. The molecule has 0 aliphatic heterocycles. The molecule has 4 aromatic rings. The van der Waals surface area contributed by atoms with Crippen LogP contribution in [-0.4, -0.2) is 34.1 Å². The predicted molar refractivity (Wildman–Crippen MR) is 154 cm³/mol. The van der Waals surface area contributed by atoms with E-state index in [1.807, 2.05) is 0 Å². The topological polar surface area (TPSA) is 26.7 Å². The molecule has 0 heterocycles. The Balaban J connectivity index is 1.36. The van der Waals surface area contributed by atoms with Gasteiger partial charge in [0, 0.05) is 32.2 Å². The molecule has 1 N–H and O–H groups in total. The highest BCUT2D eigenvalue weighted by Crippen LogP contribution is 2.18. The van der Waals surface area contributed by atoms with E-state index in [0.717, 1.165) is 52.0 Å². The van der Waals surface area contributed by atoms with Crippen LogP contribution in [0.1, 0.15) is 41.5 Å². The Hall–Kier alpha value is -3.24. The number of benzene rings is 4. The van der Waals surface area contributed by atoms with Crippen molar-refractivity contribution in [2.24, 2.45) is 0 Å². The normalized spacial score (nSPS) is 12.2. The first-order valence-corrected chi connectivity index (χ1v) is 13.5. The second kappa shape index (κ2) is 15.1. The molecule has 4 rings (SSSR count). The molecule has 0 aliphatic rings. The summed E-state index contributed by atoms with van der Waals surface area (Å²) in [4.78, 5) is 4.99. The molecule has 0 aliphatic carbocycles. The molecule has 37 heavy (non-hydrogen) atoms. The highest BCUT2D eigenvalue weighted by Gasteiger charge is 2.19. The van der Waals surface area contributed by atoms with Crippen LogP contribution in [0.15, 0.2) is 121 Å². The zero-order chi connectivity index (χ0) is 25.5. The van der Waals surface area contributed by atoms with Gasteiger partial charge in [-0.1, -0.05) is 128 Å². The quantitative estimate of drug-likeness (QED) is 0.182. The summed E-state index contributed by atoms with van der Waals surface area (Å²) in [5, 5.41) is 10.4. The molecular weight excluding hydrogens is 452 g/mol. The van der Waals surface area contributed by atoms with Crippen LogP contribution in [-0.2, 0) is 26.2 Å². The molecule has 0 saturated heterocycles. The van der Waals surface area contributed by atoms with E-state index in [1.165, 1.54) is 22.3 Å². The van der Waals surface area contributed by atoms with E-state index in [2.05, 4.69) is 131 Å². The van der Waals surface area contributed by atoms with E-state index >= 15 is 0 Å². The molecule has 1 atom stereocenters. The first-order chi connectivity index (χ1) is 18.3. The first kappa shape index (κ1) is 26.8. The Morgan fingerprint density at radius 1 is 0.486 bits per heavy atom. The number of nitrogens with zero attached hydrogens (tertiary/aromatic N) is 2. The highest BCUT2D eigenvalue weighted by atomic mass is 16.3. The Bertz CT molecular complexity index is 1040. The van der Waals surface area contributed by atoms with Gasteiger partial charge < -0.3 is 5.11 Å². The number of aliphatic hydroxyl groups is 1. The van der Waals surface area contributed by atoms with Crippen LogP contribution in [0.3, 0.4) is 0 Å². The van der Waals surface area contributed by atoms with Crippen LogP contribution in [0.2, 0.25) is 0 Å². The van der Waals surface area contributed by atoms with Gasteiger partial charge in [-0.3, -0.25) is 9.80 Å². The van der Waals surface area contributed by atoms with Gasteiger partial charge in [-0.05, 0) is 41.6 Å². The number of unbranched alkanes of at least 4 members (excludes halogenated alkanes) is 1. The summed E-state index contributed by atoms with van der Waals surface area (Å²) >= 11 is 0. The summed E-state index contributed by atoms with van der Waals surface area (Å²) in [6.07, 6.45) is 3.19. The Kier molecular flexibility index (Phi) is 11.0. The fourth-order valence-electron chi connectivity index (χ4n) is 4.95. The number of hydrogen-bond acceptors (Lipinski definition) is 3. The van der Waals surface area contributed by atoms with E-state index in [1.54, 1.807) is 0 Å². The Labute approximate surface area is 223 Å². The van der Waals surface area contributed by atoms with Gasteiger partial charge in [0.1, 0.15) is 0 Å². The lowest BCUT2D eigenvalue weighted by Gasteiger charge is -2.31. The van der Waals surface area contributed by atoms with E-state index in [4.69, 9.17) is 0 Å². The van der Waals surface area contributed by atoms with E-state index in [-0.39, 0.29) is 12.6 Å². The largest absolute Gasteiger partial charge is 0.395 e. The first-order valence-electron chi connectivity index (χ1n) is 13.5. The molecule has 0 bridgehead atoms. The summed E-state index contributed by atoms with van der Waals surface area (Å²) in [5.74, 6) is 0. The second-order valence-corrected chi connectivity index (χ2v) is 9.89. The average molecular weight is 493 g/mol. The molecule has 4 aromatic carbocycles. The molecular formula is C34H40N2O. The molecule has 3 heteroatoms. The SMILES string of the molecule is OC[C@H](CCCCN(Cc1ccccc1)Cc1ccccc1)N(Cc1ccccc1)Cc1ccccc1. The lowest BCUT2D eigenvalue weighted by atomic mass is 10.0. The summed E-state index contributed by atoms with van der Waals surface area (Å²) in [5.41, 5.74) is 5.27. The van der Waals surface area contributed by atoms with Gasteiger partial charge in [-0.2, -0.15) is 0 Å². The zero-order valence-electron chi connectivity index (χ0n) is 21.8. The van der Waals surface area contributed by atoms with Crippen LogP contribution < -0.4 is 0 Å². The third-order valence-corrected chi connectivity index (χ3v) is 6.94. The van der Waals surface area contributed by atoms with Gasteiger partial charge in [0.05, 0.1) is 6.61 Å². The molecule has 0 fully saturated rings. The predicted octanol–water partition coefficient (Wildman–Crippen LogP) is 6.92. The second-order valence-electron chi connectivity index (χ2n) is 9.89. The maximum atomic E-state index is 10.4. The van der Waals surface area contributed by atoms with Crippen molar-refractivity contribution >= 4 is 0 Å². The Morgan fingerprint density at radius 3 is 1.24 bits per heavy atom. The number of hydrogen-bond donors (Lipinski definition) is 1. The monoisotopic (exact) mass is 492 g/mol. The summed E-state index contributed by atoms with van der Waals surface area (Å²) in [6, 6.07) is 42.8. The van der Waals surface area contributed by atoms with Crippen molar-refractivity contribution in [3.8, 4) is 0 Å².